The molecule has 0 bridgehead atoms. The van der Waals surface area contributed by atoms with Gasteiger partial charge in [0, 0.05) is 24.4 Å². The van der Waals surface area contributed by atoms with E-state index in [4.69, 9.17) is 0 Å². The maximum absolute atomic E-state index is 13.7. The highest BCUT2D eigenvalue weighted by Gasteiger charge is 2.20. The molecule has 0 heterocycles. The first kappa shape index (κ1) is 13.9. The van der Waals surface area contributed by atoms with Crippen molar-refractivity contribution in [3.8, 4) is 11.5 Å². The Bertz CT molecular complexity index is 643. The van der Waals surface area contributed by atoms with Crippen LogP contribution in [0.25, 0.3) is 0 Å². The van der Waals surface area contributed by atoms with Crippen molar-refractivity contribution in [3.05, 3.63) is 53.8 Å². The number of phenols is 2. The molecule has 0 spiro atoms. The van der Waals surface area contributed by atoms with Crippen molar-refractivity contribution in [1.29, 1.82) is 0 Å². The molecular weight excluding hydrogens is 261 g/mol. The highest BCUT2D eigenvalue weighted by Crippen LogP contribution is 2.23. The monoisotopic (exact) mass is 275 g/mol. The van der Waals surface area contributed by atoms with E-state index in [0.717, 1.165) is 6.07 Å². The fourth-order valence-electron chi connectivity index (χ4n) is 1.93. The molecule has 2 aromatic rings. The van der Waals surface area contributed by atoms with E-state index in [1.165, 1.54) is 29.2 Å². The van der Waals surface area contributed by atoms with Crippen molar-refractivity contribution >= 4 is 11.6 Å². The quantitative estimate of drug-likeness (QED) is 0.905. The Morgan fingerprint density at radius 2 is 1.85 bits per heavy atom. The second-order valence-electron chi connectivity index (χ2n) is 4.23. The Labute approximate surface area is 115 Å². The van der Waals surface area contributed by atoms with Crippen molar-refractivity contribution in [2.45, 2.75) is 6.92 Å². The molecule has 0 aliphatic heterocycles. The van der Waals surface area contributed by atoms with Crippen LogP contribution in [0, 0.1) is 5.82 Å². The van der Waals surface area contributed by atoms with Crippen LogP contribution in [0.15, 0.2) is 42.5 Å². The van der Waals surface area contributed by atoms with Gasteiger partial charge in [-0.2, -0.15) is 0 Å². The van der Waals surface area contributed by atoms with Gasteiger partial charge in [-0.15, -0.1) is 0 Å². The molecule has 0 aliphatic carbocycles. The largest absolute Gasteiger partial charge is 0.508 e. The van der Waals surface area contributed by atoms with Crippen LogP contribution in [0.2, 0.25) is 0 Å². The fourth-order valence-corrected chi connectivity index (χ4v) is 1.93. The molecular formula is C15H14FNO3. The van der Waals surface area contributed by atoms with Gasteiger partial charge in [0.15, 0.2) is 0 Å². The first-order chi connectivity index (χ1) is 9.52. The molecule has 2 N–H and O–H groups in total. The van der Waals surface area contributed by atoms with E-state index in [1.807, 2.05) is 0 Å². The SMILES string of the molecule is CCN(C(=O)c1ccc(O)cc1F)c1cccc(O)c1. The lowest BCUT2D eigenvalue weighted by molar-refractivity contribution is 0.0984. The summed E-state index contributed by atoms with van der Waals surface area (Å²) in [7, 11) is 0. The van der Waals surface area contributed by atoms with Gasteiger partial charge in [-0.3, -0.25) is 4.79 Å². The number of hydrogen-bond acceptors (Lipinski definition) is 3. The van der Waals surface area contributed by atoms with Gasteiger partial charge in [-0.1, -0.05) is 6.07 Å². The molecule has 5 heteroatoms. The zero-order valence-corrected chi connectivity index (χ0v) is 10.9. The molecule has 4 nitrogen and oxygen atoms in total. The summed E-state index contributed by atoms with van der Waals surface area (Å²) in [5, 5.41) is 18.6. The van der Waals surface area contributed by atoms with Gasteiger partial charge in [-0.25, -0.2) is 4.39 Å². The van der Waals surface area contributed by atoms with Crippen LogP contribution in [0.5, 0.6) is 11.5 Å². The van der Waals surface area contributed by atoms with Crippen molar-refractivity contribution in [1.82, 2.24) is 0 Å². The summed E-state index contributed by atoms with van der Waals surface area (Å²) in [6.07, 6.45) is 0. The Hall–Kier alpha value is -2.56. The number of anilines is 1. The normalized spacial score (nSPS) is 10.3. The summed E-state index contributed by atoms with van der Waals surface area (Å²) in [5.41, 5.74) is 0.345. The number of amides is 1. The molecule has 0 aromatic heterocycles. The van der Waals surface area contributed by atoms with Crippen LogP contribution in [-0.2, 0) is 0 Å². The van der Waals surface area contributed by atoms with Crippen LogP contribution in [-0.4, -0.2) is 22.7 Å². The van der Waals surface area contributed by atoms with Gasteiger partial charge in [0.25, 0.3) is 5.91 Å². The van der Waals surface area contributed by atoms with E-state index >= 15 is 0 Å². The zero-order chi connectivity index (χ0) is 14.7. The van der Waals surface area contributed by atoms with Crippen molar-refractivity contribution in [3.63, 3.8) is 0 Å². The topological polar surface area (TPSA) is 60.8 Å². The minimum absolute atomic E-state index is 0.0277. The smallest absolute Gasteiger partial charge is 0.261 e. The molecule has 20 heavy (non-hydrogen) atoms. The van der Waals surface area contributed by atoms with Crippen molar-refractivity contribution in [2.75, 3.05) is 11.4 Å². The minimum Gasteiger partial charge on any atom is -0.508 e. The average molecular weight is 275 g/mol. The predicted molar refractivity (Wildman–Crippen MR) is 73.5 cm³/mol. The highest BCUT2D eigenvalue weighted by atomic mass is 19.1. The number of rotatable bonds is 3. The number of phenolic OH excluding ortho intramolecular Hbond substituents is 2. The van der Waals surface area contributed by atoms with Crippen LogP contribution in [0.1, 0.15) is 17.3 Å². The number of nitrogens with zero attached hydrogens (tertiary/aromatic N) is 1. The summed E-state index contributed by atoms with van der Waals surface area (Å²) in [4.78, 5) is 13.7. The lowest BCUT2D eigenvalue weighted by Gasteiger charge is -2.21. The third-order valence-corrected chi connectivity index (χ3v) is 2.89. The van der Waals surface area contributed by atoms with Gasteiger partial charge in [0.05, 0.1) is 5.56 Å². The summed E-state index contributed by atoms with van der Waals surface area (Å²) in [6, 6.07) is 9.56. The Balaban J connectivity index is 2.39. The van der Waals surface area contributed by atoms with E-state index in [2.05, 4.69) is 0 Å². The Morgan fingerprint density at radius 1 is 1.15 bits per heavy atom. The average Bonchev–Trinajstić information content (AvgIpc) is 2.39. The van der Waals surface area contributed by atoms with E-state index in [9.17, 15) is 19.4 Å². The zero-order valence-electron chi connectivity index (χ0n) is 10.9. The first-order valence-electron chi connectivity index (χ1n) is 6.12. The second-order valence-corrected chi connectivity index (χ2v) is 4.23. The molecule has 0 aliphatic rings. The molecule has 1 amide bonds. The summed E-state index contributed by atoms with van der Waals surface area (Å²) in [6.45, 7) is 2.07. The molecule has 104 valence electrons. The molecule has 2 aromatic carbocycles. The number of halogens is 1. The van der Waals surface area contributed by atoms with Crippen molar-refractivity contribution in [2.24, 2.45) is 0 Å². The van der Waals surface area contributed by atoms with Gasteiger partial charge < -0.3 is 15.1 Å². The van der Waals surface area contributed by atoms with Crippen LogP contribution in [0.4, 0.5) is 10.1 Å². The van der Waals surface area contributed by atoms with Gasteiger partial charge in [0.1, 0.15) is 17.3 Å². The predicted octanol–water partition coefficient (Wildman–Crippen LogP) is 2.90. The molecule has 0 radical (unpaired) electrons. The number of carbonyl (C=O) groups excluding carboxylic acids is 1. The second kappa shape index (κ2) is 5.61. The standard InChI is InChI=1S/C15H14FNO3/c1-2-17(10-4-3-5-11(18)8-10)15(20)13-7-6-12(19)9-14(13)16/h3-9,18-19H,2H2,1H3. The van der Waals surface area contributed by atoms with Crippen LogP contribution >= 0.6 is 0 Å². The van der Waals surface area contributed by atoms with E-state index in [-0.39, 0.29) is 17.1 Å². The van der Waals surface area contributed by atoms with E-state index in [0.29, 0.717) is 12.2 Å². The van der Waals surface area contributed by atoms with E-state index < -0.39 is 11.7 Å². The number of carbonyl (C=O) groups is 1. The maximum Gasteiger partial charge on any atom is 0.261 e. The first-order valence-corrected chi connectivity index (χ1v) is 6.12. The minimum atomic E-state index is -0.784. The summed E-state index contributed by atoms with van der Waals surface area (Å²) in [5.74, 6) is -1.52. The molecule has 0 atom stereocenters. The number of hydrogen-bond donors (Lipinski definition) is 2. The van der Waals surface area contributed by atoms with E-state index in [1.54, 1.807) is 19.1 Å². The maximum atomic E-state index is 13.7. The highest BCUT2D eigenvalue weighted by molar-refractivity contribution is 6.06. The third-order valence-electron chi connectivity index (χ3n) is 2.89. The third kappa shape index (κ3) is 2.71. The fraction of sp³-hybridized carbons (Fsp3) is 0.133. The van der Waals surface area contributed by atoms with Crippen LogP contribution < -0.4 is 4.90 Å². The number of benzene rings is 2. The summed E-state index contributed by atoms with van der Waals surface area (Å²) >= 11 is 0. The summed E-state index contributed by atoms with van der Waals surface area (Å²) < 4.78 is 13.7. The Kier molecular flexibility index (Phi) is 3.89. The van der Waals surface area contributed by atoms with Crippen molar-refractivity contribution < 1.29 is 19.4 Å². The molecule has 2 rings (SSSR count). The Morgan fingerprint density at radius 3 is 2.45 bits per heavy atom. The number of aromatic hydroxyl groups is 2. The van der Waals surface area contributed by atoms with Crippen LogP contribution in [0.3, 0.4) is 0 Å². The molecule has 0 saturated heterocycles. The molecule has 0 fully saturated rings. The van der Waals surface area contributed by atoms with Gasteiger partial charge >= 0.3 is 0 Å². The lowest BCUT2D eigenvalue weighted by Crippen LogP contribution is -2.31. The lowest BCUT2D eigenvalue weighted by atomic mass is 10.1. The van der Waals surface area contributed by atoms with Gasteiger partial charge in [-0.05, 0) is 31.2 Å². The molecule has 0 saturated carbocycles. The molecule has 0 unspecified atom stereocenters. The van der Waals surface area contributed by atoms with Gasteiger partial charge in [0.2, 0.25) is 0 Å².